The average molecular weight is 254 g/mol. The molecule has 0 spiro atoms. The zero-order valence-corrected chi connectivity index (χ0v) is 12.2. The van der Waals surface area contributed by atoms with Crippen LogP contribution in [0.2, 0.25) is 0 Å². The molecule has 2 rings (SSSR count). The van der Waals surface area contributed by atoms with Crippen molar-refractivity contribution in [1.29, 1.82) is 0 Å². The first-order valence-electron chi connectivity index (χ1n) is 7.80. The lowest BCUT2D eigenvalue weighted by molar-refractivity contribution is 0.0934. The Morgan fingerprint density at radius 1 is 1.11 bits per heavy atom. The van der Waals surface area contributed by atoms with E-state index >= 15 is 0 Å². The number of hydrogen-bond donors (Lipinski definition) is 0. The van der Waals surface area contributed by atoms with Crippen molar-refractivity contribution < 1.29 is 4.74 Å². The summed E-state index contributed by atoms with van der Waals surface area (Å²) in [6.07, 6.45) is 5.34. The third-order valence-electron chi connectivity index (χ3n) is 4.28. The van der Waals surface area contributed by atoms with E-state index in [0.29, 0.717) is 0 Å². The van der Waals surface area contributed by atoms with Crippen molar-refractivity contribution in [2.45, 2.75) is 45.6 Å². The summed E-state index contributed by atoms with van der Waals surface area (Å²) in [5, 5.41) is 0. The van der Waals surface area contributed by atoms with Crippen LogP contribution in [0.3, 0.4) is 0 Å². The number of ether oxygens (including phenoxy) is 1. The topological polar surface area (TPSA) is 15.7 Å². The van der Waals surface area contributed by atoms with Crippen molar-refractivity contribution in [3.05, 3.63) is 0 Å². The Morgan fingerprint density at radius 3 is 2.78 bits per heavy atom. The molecule has 0 N–H and O–H groups in total. The first-order chi connectivity index (χ1) is 8.75. The predicted octanol–water partition coefficient (Wildman–Crippen LogP) is 2.22. The van der Waals surface area contributed by atoms with Crippen LogP contribution in [0.15, 0.2) is 0 Å². The van der Waals surface area contributed by atoms with E-state index in [-0.39, 0.29) is 0 Å². The van der Waals surface area contributed by atoms with Crippen LogP contribution in [0.4, 0.5) is 0 Å². The second-order valence-corrected chi connectivity index (χ2v) is 6.28. The van der Waals surface area contributed by atoms with E-state index < -0.39 is 0 Å². The van der Waals surface area contributed by atoms with E-state index in [0.717, 1.165) is 31.7 Å². The van der Waals surface area contributed by atoms with E-state index in [1.54, 1.807) is 0 Å². The highest BCUT2D eigenvalue weighted by Gasteiger charge is 2.28. The minimum absolute atomic E-state index is 0.759. The van der Waals surface area contributed by atoms with Crippen LogP contribution in [-0.2, 0) is 4.74 Å². The maximum Gasteiger partial charge on any atom is 0.0593 e. The molecule has 2 fully saturated rings. The lowest BCUT2D eigenvalue weighted by Gasteiger charge is -2.25. The molecule has 3 nitrogen and oxygen atoms in total. The number of hydrogen-bond acceptors (Lipinski definition) is 3. The Bertz CT molecular complexity index is 233. The zero-order valence-electron chi connectivity index (χ0n) is 12.2. The molecule has 2 saturated heterocycles. The summed E-state index contributed by atoms with van der Waals surface area (Å²) < 4.78 is 5.74. The number of rotatable bonds is 6. The summed E-state index contributed by atoms with van der Waals surface area (Å²) in [4.78, 5) is 5.31. The maximum absolute atomic E-state index is 5.74. The van der Waals surface area contributed by atoms with Crippen LogP contribution < -0.4 is 0 Å². The van der Waals surface area contributed by atoms with Gasteiger partial charge in [-0.25, -0.2) is 0 Å². The molecule has 2 aliphatic rings. The minimum atomic E-state index is 0.759. The van der Waals surface area contributed by atoms with Crippen molar-refractivity contribution >= 4 is 0 Å². The van der Waals surface area contributed by atoms with Gasteiger partial charge in [-0.15, -0.1) is 0 Å². The molecule has 1 unspecified atom stereocenters. The standard InChI is InChI=1S/C15H30N2O/c1-14(2)6-11-18-12-10-16-7-4-9-17-8-3-5-15(17)13-16/h14-15H,3-13H2,1-2H3. The van der Waals surface area contributed by atoms with Crippen LogP contribution in [0.5, 0.6) is 0 Å². The first-order valence-corrected chi connectivity index (χ1v) is 7.80. The fourth-order valence-corrected chi connectivity index (χ4v) is 3.10. The lowest BCUT2D eigenvalue weighted by atomic mass is 10.1. The van der Waals surface area contributed by atoms with Gasteiger partial charge in [0, 0.05) is 25.7 Å². The van der Waals surface area contributed by atoms with Gasteiger partial charge in [0.2, 0.25) is 0 Å². The van der Waals surface area contributed by atoms with Gasteiger partial charge in [0.15, 0.2) is 0 Å². The molecule has 0 aliphatic carbocycles. The molecule has 2 heterocycles. The van der Waals surface area contributed by atoms with Crippen molar-refractivity contribution in [2.75, 3.05) is 45.9 Å². The fraction of sp³-hybridized carbons (Fsp3) is 1.00. The molecule has 0 aromatic heterocycles. The molecule has 0 amide bonds. The quantitative estimate of drug-likeness (QED) is 0.676. The third-order valence-corrected chi connectivity index (χ3v) is 4.28. The summed E-state index contributed by atoms with van der Waals surface area (Å²) >= 11 is 0. The summed E-state index contributed by atoms with van der Waals surface area (Å²) in [6.45, 7) is 12.7. The molecule has 0 bridgehead atoms. The molecule has 0 radical (unpaired) electrons. The second kappa shape index (κ2) is 7.46. The third kappa shape index (κ3) is 4.52. The molecule has 18 heavy (non-hydrogen) atoms. The Hall–Kier alpha value is -0.120. The van der Waals surface area contributed by atoms with E-state index in [2.05, 4.69) is 23.6 Å². The summed E-state index contributed by atoms with van der Waals surface area (Å²) in [5.41, 5.74) is 0. The Labute approximate surface area is 112 Å². The fourth-order valence-electron chi connectivity index (χ4n) is 3.10. The maximum atomic E-state index is 5.74. The van der Waals surface area contributed by atoms with Gasteiger partial charge in [-0.3, -0.25) is 9.80 Å². The van der Waals surface area contributed by atoms with Crippen LogP contribution >= 0.6 is 0 Å². The van der Waals surface area contributed by atoms with E-state index in [9.17, 15) is 0 Å². The summed E-state index contributed by atoms with van der Waals surface area (Å²) in [6, 6.07) is 0.836. The van der Waals surface area contributed by atoms with Crippen LogP contribution in [-0.4, -0.2) is 61.8 Å². The SMILES string of the molecule is CC(C)CCOCCN1CCCN2CCCC2C1. The lowest BCUT2D eigenvalue weighted by Crippen LogP contribution is -2.38. The van der Waals surface area contributed by atoms with Gasteiger partial charge in [0.25, 0.3) is 0 Å². The normalized spacial score (nSPS) is 26.5. The van der Waals surface area contributed by atoms with Gasteiger partial charge in [0.05, 0.1) is 6.61 Å². The van der Waals surface area contributed by atoms with Crippen molar-refractivity contribution in [2.24, 2.45) is 5.92 Å². The van der Waals surface area contributed by atoms with Gasteiger partial charge in [0.1, 0.15) is 0 Å². The highest BCUT2D eigenvalue weighted by molar-refractivity contribution is 4.84. The van der Waals surface area contributed by atoms with Crippen molar-refractivity contribution in [3.63, 3.8) is 0 Å². The first kappa shape index (κ1) is 14.3. The highest BCUT2D eigenvalue weighted by Crippen LogP contribution is 2.20. The summed E-state index contributed by atoms with van der Waals surface area (Å²) in [7, 11) is 0. The van der Waals surface area contributed by atoms with Gasteiger partial charge in [-0.1, -0.05) is 13.8 Å². The molecule has 3 heteroatoms. The molecule has 1 atom stereocenters. The van der Waals surface area contributed by atoms with E-state index in [1.165, 1.54) is 51.9 Å². The van der Waals surface area contributed by atoms with E-state index in [4.69, 9.17) is 4.74 Å². The minimum Gasteiger partial charge on any atom is -0.380 e. The Balaban J connectivity index is 1.60. The molecular formula is C15H30N2O. The van der Waals surface area contributed by atoms with Crippen LogP contribution in [0, 0.1) is 5.92 Å². The van der Waals surface area contributed by atoms with Gasteiger partial charge >= 0.3 is 0 Å². The molecular weight excluding hydrogens is 224 g/mol. The molecule has 0 aromatic rings. The van der Waals surface area contributed by atoms with Gasteiger partial charge < -0.3 is 4.74 Å². The Morgan fingerprint density at radius 2 is 1.94 bits per heavy atom. The second-order valence-electron chi connectivity index (χ2n) is 6.28. The highest BCUT2D eigenvalue weighted by atomic mass is 16.5. The number of nitrogens with zero attached hydrogens (tertiary/aromatic N) is 2. The molecule has 106 valence electrons. The van der Waals surface area contributed by atoms with Gasteiger partial charge in [-0.2, -0.15) is 0 Å². The number of fused-ring (bicyclic) bond motifs is 1. The summed E-state index contributed by atoms with van der Waals surface area (Å²) in [5.74, 6) is 0.759. The predicted molar refractivity (Wildman–Crippen MR) is 75.9 cm³/mol. The molecule has 0 aromatic carbocycles. The van der Waals surface area contributed by atoms with Crippen molar-refractivity contribution in [3.8, 4) is 0 Å². The molecule has 0 saturated carbocycles. The zero-order chi connectivity index (χ0) is 12.8. The van der Waals surface area contributed by atoms with Crippen LogP contribution in [0.1, 0.15) is 39.5 Å². The monoisotopic (exact) mass is 254 g/mol. The molecule has 2 aliphatic heterocycles. The van der Waals surface area contributed by atoms with Crippen molar-refractivity contribution in [1.82, 2.24) is 9.80 Å². The van der Waals surface area contributed by atoms with Crippen LogP contribution in [0.25, 0.3) is 0 Å². The van der Waals surface area contributed by atoms with E-state index in [1.807, 2.05) is 0 Å². The average Bonchev–Trinajstić information content (AvgIpc) is 2.67. The van der Waals surface area contributed by atoms with Gasteiger partial charge in [-0.05, 0) is 51.2 Å². The smallest absolute Gasteiger partial charge is 0.0593 e. The largest absolute Gasteiger partial charge is 0.380 e. The Kier molecular flexibility index (Phi) is 5.93.